The summed E-state index contributed by atoms with van der Waals surface area (Å²) in [6, 6.07) is 2.20. The number of nitrogens with one attached hydrogen (secondary N) is 1. The van der Waals surface area contributed by atoms with Crippen LogP contribution >= 0.6 is 0 Å². The number of aromatic nitrogens is 1. The van der Waals surface area contributed by atoms with E-state index in [9.17, 15) is 0 Å². The zero-order valence-electron chi connectivity index (χ0n) is 7.26. The van der Waals surface area contributed by atoms with E-state index >= 15 is 0 Å². The Bertz CT molecular complexity index is 299. The normalized spacial score (nSPS) is 14.8. The maximum atomic E-state index is 5.05. The highest BCUT2D eigenvalue weighted by Gasteiger charge is 2.07. The first kappa shape index (κ1) is 7.62. The lowest BCUT2D eigenvalue weighted by atomic mass is 10.1. The highest BCUT2D eigenvalue weighted by molar-refractivity contribution is 5.53. The van der Waals surface area contributed by atoms with Gasteiger partial charge in [-0.15, -0.1) is 0 Å². The van der Waals surface area contributed by atoms with E-state index in [2.05, 4.69) is 23.2 Å². The first-order chi connectivity index (χ1) is 5.90. The predicted octanol–water partition coefficient (Wildman–Crippen LogP) is 2.12. The second-order valence-electron chi connectivity index (χ2n) is 3.11. The zero-order valence-corrected chi connectivity index (χ0v) is 7.26. The zero-order chi connectivity index (χ0) is 8.39. The van der Waals surface area contributed by atoms with Crippen molar-refractivity contribution in [3.05, 3.63) is 29.1 Å². The number of hydrogen-bond donors (Lipinski definition) is 1. The van der Waals surface area contributed by atoms with Crippen molar-refractivity contribution >= 4 is 6.08 Å². The molecule has 1 aliphatic rings. The van der Waals surface area contributed by atoms with Gasteiger partial charge < -0.3 is 9.72 Å². The first-order valence-electron chi connectivity index (χ1n) is 4.26. The molecule has 0 saturated carbocycles. The fraction of sp³-hybridized carbons (Fsp3) is 0.400. The number of aromatic amines is 1. The van der Waals surface area contributed by atoms with E-state index in [-0.39, 0.29) is 0 Å². The van der Waals surface area contributed by atoms with Crippen molar-refractivity contribution in [3.8, 4) is 0 Å². The van der Waals surface area contributed by atoms with Crippen LogP contribution in [0.2, 0.25) is 0 Å². The van der Waals surface area contributed by atoms with Crippen molar-refractivity contribution in [1.29, 1.82) is 0 Å². The number of rotatable bonds is 2. The summed E-state index contributed by atoms with van der Waals surface area (Å²) < 4.78 is 5.05. The summed E-state index contributed by atoms with van der Waals surface area (Å²) in [5.74, 6) is 0. The molecule has 2 nitrogen and oxygen atoms in total. The third-order valence-corrected chi connectivity index (χ3v) is 2.15. The number of ether oxygens (including phenoxy) is 1. The number of methoxy groups -OCH3 is 1. The molecule has 64 valence electrons. The minimum atomic E-state index is 0.681. The molecule has 0 bridgehead atoms. The fourth-order valence-corrected chi connectivity index (χ4v) is 1.61. The van der Waals surface area contributed by atoms with Gasteiger partial charge in [0.15, 0.2) is 0 Å². The molecular weight excluding hydrogens is 150 g/mol. The van der Waals surface area contributed by atoms with Crippen molar-refractivity contribution in [1.82, 2.24) is 4.98 Å². The molecule has 0 radical (unpaired) electrons. The van der Waals surface area contributed by atoms with E-state index in [1.807, 2.05) is 0 Å². The van der Waals surface area contributed by atoms with E-state index in [0.717, 1.165) is 12.8 Å². The summed E-state index contributed by atoms with van der Waals surface area (Å²) in [6.07, 6.45) is 6.68. The summed E-state index contributed by atoms with van der Waals surface area (Å²) in [5.41, 5.74) is 3.85. The van der Waals surface area contributed by atoms with Gasteiger partial charge in [-0.3, -0.25) is 0 Å². The molecule has 1 aromatic rings. The van der Waals surface area contributed by atoms with Crippen LogP contribution in [-0.2, 0) is 17.8 Å². The Kier molecular flexibility index (Phi) is 2.00. The molecule has 1 aliphatic carbocycles. The van der Waals surface area contributed by atoms with Crippen LogP contribution in [0.5, 0.6) is 0 Å². The van der Waals surface area contributed by atoms with E-state index in [1.165, 1.54) is 17.0 Å². The lowest BCUT2D eigenvalue weighted by Gasteiger charge is -2.01. The largest absolute Gasteiger partial charge is 0.378 e. The van der Waals surface area contributed by atoms with E-state index in [4.69, 9.17) is 4.74 Å². The van der Waals surface area contributed by atoms with Gasteiger partial charge in [0, 0.05) is 18.5 Å². The minimum Gasteiger partial charge on any atom is -0.378 e. The maximum absolute atomic E-state index is 5.05. The Balaban J connectivity index is 2.27. The third-order valence-electron chi connectivity index (χ3n) is 2.15. The lowest BCUT2D eigenvalue weighted by molar-refractivity contribution is 0.182. The molecule has 0 aliphatic heterocycles. The second kappa shape index (κ2) is 3.15. The minimum absolute atomic E-state index is 0.681. The second-order valence-corrected chi connectivity index (χ2v) is 3.11. The number of allylic oxidation sites excluding steroid dienone is 1. The summed E-state index contributed by atoms with van der Waals surface area (Å²) in [5, 5.41) is 0. The molecule has 0 atom stereocenters. The summed E-state index contributed by atoms with van der Waals surface area (Å²) in [6.45, 7) is 0.681. The van der Waals surface area contributed by atoms with Crippen LogP contribution in [0.15, 0.2) is 12.1 Å². The van der Waals surface area contributed by atoms with E-state index < -0.39 is 0 Å². The number of hydrogen-bond acceptors (Lipinski definition) is 1. The van der Waals surface area contributed by atoms with Crippen molar-refractivity contribution in [3.63, 3.8) is 0 Å². The monoisotopic (exact) mass is 163 g/mol. The van der Waals surface area contributed by atoms with Gasteiger partial charge in [-0.05, 0) is 30.5 Å². The number of fused-ring (bicyclic) bond motifs is 1. The van der Waals surface area contributed by atoms with Gasteiger partial charge in [0.1, 0.15) is 0 Å². The van der Waals surface area contributed by atoms with Gasteiger partial charge in [0.05, 0.1) is 6.61 Å². The van der Waals surface area contributed by atoms with Crippen molar-refractivity contribution < 1.29 is 4.74 Å². The Labute approximate surface area is 72.2 Å². The molecular formula is C10H13NO. The quantitative estimate of drug-likeness (QED) is 0.709. The van der Waals surface area contributed by atoms with E-state index in [0.29, 0.717) is 6.61 Å². The van der Waals surface area contributed by atoms with Crippen LogP contribution in [0, 0.1) is 0 Å². The van der Waals surface area contributed by atoms with Crippen LogP contribution in [0.1, 0.15) is 23.4 Å². The van der Waals surface area contributed by atoms with E-state index in [1.54, 1.807) is 7.11 Å². The van der Waals surface area contributed by atoms with Gasteiger partial charge in [0.2, 0.25) is 0 Å². The Hall–Kier alpha value is -1.02. The van der Waals surface area contributed by atoms with Crippen molar-refractivity contribution in [2.45, 2.75) is 19.4 Å². The Morgan fingerprint density at radius 3 is 3.25 bits per heavy atom. The smallest absolute Gasteiger partial charge is 0.0862 e. The van der Waals surface area contributed by atoms with Gasteiger partial charge >= 0.3 is 0 Å². The highest BCUT2D eigenvalue weighted by Crippen LogP contribution is 2.19. The molecule has 2 heteroatoms. The topological polar surface area (TPSA) is 25.0 Å². The number of aryl methyl sites for hydroxylation is 1. The molecule has 12 heavy (non-hydrogen) atoms. The standard InChI is InChI=1S/C10H13NO/c1-12-7-9-6-8-4-2-3-5-10(8)11-9/h3,5-6,11H,2,4,7H2,1H3. The Morgan fingerprint density at radius 1 is 1.58 bits per heavy atom. The average Bonchev–Trinajstić information content (AvgIpc) is 2.47. The average molecular weight is 163 g/mol. The molecule has 1 N–H and O–H groups in total. The van der Waals surface area contributed by atoms with Gasteiger partial charge in [-0.2, -0.15) is 0 Å². The van der Waals surface area contributed by atoms with Crippen LogP contribution in [-0.4, -0.2) is 12.1 Å². The van der Waals surface area contributed by atoms with Crippen molar-refractivity contribution in [2.75, 3.05) is 7.11 Å². The highest BCUT2D eigenvalue weighted by atomic mass is 16.5. The molecule has 1 heterocycles. The van der Waals surface area contributed by atoms with Gasteiger partial charge in [0.25, 0.3) is 0 Å². The van der Waals surface area contributed by atoms with Crippen LogP contribution < -0.4 is 0 Å². The van der Waals surface area contributed by atoms with Crippen LogP contribution in [0.25, 0.3) is 6.08 Å². The lowest BCUT2D eigenvalue weighted by Crippen LogP contribution is -1.89. The molecule has 0 spiro atoms. The molecule has 0 fully saturated rings. The van der Waals surface area contributed by atoms with Gasteiger partial charge in [-0.25, -0.2) is 0 Å². The summed E-state index contributed by atoms with van der Waals surface area (Å²) >= 11 is 0. The molecule has 2 rings (SSSR count). The first-order valence-corrected chi connectivity index (χ1v) is 4.26. The SMILES string of the molecule is COCc1cc2c([nH]1)C=CCC2. The molecule has 0 unspecified atom stereocenters. The summed E-state index contributed by atoms with van der Waals surface area (Å²) in [7, 11) is 1.72. The fourth-order valence-electron chi connectivity index (χ4n) is 1.61. The maximum Gasteiger partial charge on any atom is 0.0862 e. The molecule has 1 aromatic heterocycles. The predicted molar refractivity (Wildman–Crippen MR) is 48.9 cm³/mol. The summed E-state index contributed by atoms with van der Waals surface area (Å²) in [4.78, 5) is 3.32. The number of H-pyrrole nitrogens is 1. The molecule has 0 saturated heterocycles. The Morgan fingerprint density at radius 2 is 2.50 bits per heavy atom. The van der Waals surface area contributed by atoms with Crippen LogP contribution in [0.3, 0.4) is 0 Å². The van der Waals surface area contributed by atoms with Crippen molar-refractivity contribution in [2.24, 2.45) is 0 Å². The van der Waals surface area contributed by atoms with Gasteiger partial charge in [-0.1, -0.05) is 6.08 Å². The third kappa shape index (κ3) is 1.30. The van der Waals surface area contributed by atoms with Crippen LogP contribution in [0.4, 0.5) is 0 Å². The molecule has 0 amide bonds. The molecule has 0 aromatic carbocycles.